The van der Waals surface area contributed by atoms with Gasteiger partial charge in [0.1, 0.15) is 17.3 Å². The molecule has 0 atom stereocenters. The predicted molar refractivity (Wildman–Crippen MR) is 99.0 cm³/mol. The van der Waals surface area contributed by atoms with Crippen LogP contribution in [0.3, 0.4) is 0 Å². The zero-order chi connectivity index (χ0) is 17.8. The average Bonchev–Trinajstić information content (AvgIpc) is 2.58. The number of aromatic nitrogens is 1. The lowest BCUT2D eigenvalue weighted by molar-refractivity contribution is 0.102. The molecule has 25 heavy (non-hydrogen) atoms. The van der Waals surface area contributed by atoms with Crippen LogP contribution in [-0.4, -0.2) is 10.9 Å². The van der Waals surface area contributed by atoms with Gasteiger partial charge in [-0.3, -0.25) is 4.79 Å². The van der Waals surface area contributed by atoms with E-state index in [0.29, 0.717) is 17.0 Å². The molecular weight excluding hydrogens is 314 g/mol. The van der Waals surface area contributed by atoms with Crippen molar-refractivity contribution in [3.05, 3.63) is 77.5 Å². The zero-order valence-corrected chi connectivity index (χ0v) is 14.1. The van der Waals surface area contributed by atoms with Gasteiger partial charge in [-0.1, -0.05) is 17.7 Å². The molecule has 0 fully saturated rings. The second-order valence-electron chi connectivity index (χ2n) is 5.78. The molecular formula is C20H19N3O2. The Labute approximate surface area is 146 Å². The Morgan fingerprint density at radius 2 is 1.56 bits per heavy atom. The molecule has 0 bridgehead atoms. The lowest BCUT2D eigenvalue weighted by Crippen LogP contribution is -2.16. The number of rotatable bonds is 4. The summed E-state index contributed by atoms with van der Waals surface area (Å²) >= 11 is 0. The number of carbonyl (C=O) groups is 1. The SMILES string of the molecule is Cc1ccc(Oc2ccc(NC(=O)c3c(C)ccnc3N)cc2)cc1. The summed E-state index contributed by atoms with van der Waals surface area (Å²) in [5, 5.41) is 2.82. The standard InChI is InChI=1S/C20H19N3O2/c1-13-3-7-16(8-4-13)25-17-9-5-15(6-10-17)23-20(24)18-14(2)11-12-22-19(18)21/h3-12H,1-2H3,(H2,21,22)(H,23,24). The number of benzene rings is 2. The Bertz CT molecular complexity index is 868. The highest BCUT2D eigenvalue weighted by molar-refractivity contribution is 6.08. The number of hydrogen-bond donors (Lipinski definition) is 2. The van der Waals surface area contributed by atoms with Crippen molar-refractivity contribution in [3.8, 4) is 11.5 Å². The van der Waals surface area contributed by atoms with Crippen molar-refractivity contribution >= 4 is 17.4 Å². The summed E-state index contributed by atoms with van der Waals surface area (Å²) in [6.45, 7) is 3.85. The third kappa shape index (κ3) is 3.95. The highest BCUT2D eigenvalue weighted by atomic mass is 16.5. The van der Waals surface area contributed by atoms with Crippen LogP contribution in [0.15, 0.2) is 60.8 Å². The van der Waals surface area contributed by atoms with Crippen molar-refractivity contribution in [2.45, 2.75) is 13.8 Å². The van der Waals surface area contributed by atoms with E-state index >= 15 is 0 Å². The van der Waals surface area contributed by atoms with Crippen LogP contribution >= 0.6 is 0 Å². The molecule has 0 unspecified atom stereocenters. The average molecular weight is 333 g/mol. The number of nitrogens with two attached hydrogens (primary N) is 1. The van der Waals surface area contributed by atoms with E-state index in [0.717, 1.165) is 11.3 Å². The maximum Gasteiger partial charge on any atom is 0.259 e. The molecule has 0 aliphatic heterocycles. The first kappa shape index (κ1) is 16.5. The monoisotopic (exact) mass is 333 g/mol. The number of hydrogen-bond acceptors (Lipinski definition) is 4. The summed E-state index contributed by atoms with van der Waals surface area (Å²) in [5.41, 5.74) is 8.81. The van der Waals surface area contributed by atoms with E-state index in [9.17, 15) is 4.79 Å². The van der Waals surface area contributed by atoms with Crippen LogP contribution in [0, 0.1) is 13.8 Å². The first-order valence-corrected chi connectivity index (χ1v) is 7.90. The molecule has 0 aliphatic carbocycles. The summed E-state index contributed by atoms with van der Waals surface area (Å²) in [4.78, 5) is 16.4. The molecule has 1 amide bonds. The van der Waals surface area contributed by atoms with Gasteiger partial charge in [0.2, 0.25) is 0 Å². The summed E-state index contributed by atoms with van der Waals surface area (Å²) in [7, 11) is 0. The summed E-state index contributed by atoms with van der Waals surface area (Å²) < 4.78 is 5.77. The Morgan fingerprint density at radius 3 is 2.16 bits per heavy atom. The number of pyridine rings is 1. The lowest BCUT2D eigenvalue weighted by Gasteiger charge is -2.10. The van der Waals surface area contributed by atoms with E-state index in [1.165, 1.54) is 5.56 Å². The first-order chi connectivity index (χ1) is 12.0. The number of aryl methyl sites for hydroxylation is 2. The molecule has 0 radical (unpaired) electrons. The molecule has 1 heterocycles. The van der Waals surface area contributed by atoms with Gasteiger partial charge in [-0.05, 0) is 61.9 Å². The molecule has 3 N–H and O–H groups in total. The Morgan fingerprint density at radius 1 is 0.960 bits per heavy atom. The van der Waals surface area contributed by atoms with E-state index in [-0.39, 0.29) is 11.7 Å². The van der Waals surface area contributed by atoms with E-state index in [2.05, 4.69) is 10.3 Å². The van der Waals surface area contributed by atoms with E-state index in [4.69, 9.17) is 10.5 Å². The van der Waals surface area contributed by atoms with Gasteiger partial charge in [-0.25, -0.2) is 4.98 Å². The molecule has 1 aromatic heterocycles. The van der Waals surface area contributed by atoms with Gasteiger partial charge in [0.25, 0.3) is 5.91 Å². The minimum Gasteiger partial charge on any atom is -0.457 e. The number of nitrogen functional groups attached to an aromatic ring is 1. The van der Waals surface area contributed by atoms with Crippen molar-refractivity contribution < 1.29 is 9.53 Å². The molecule has 0 saturated carbocycles. The fourth-order valence-corrected chi connectivity index (χ4v) is 2.42. The van der Waals surface area contributed by atoms with Gasteiger partial charge in [0.15, 0.2) is 0 Å². The van der Waals surface area contributed by atoms with Gasteiger partial charge >= 0.3 is 0 Å². The van der Waals surface area contributed by atoms with Gasteiger partial charge in [0, 0.05) is 11.9 Å². The topological polar surface area (TPSA) is 77.2 Å². The number of nitrogens with zero attached hydrogens (tertiary/aromatic N) is 1. The maximum absolute atomic E-state index is 12.4. The van der Waals surface area contributed by atoms with Crippen LogP contribution < -0.4 is 15.8 Å². The van der Waals surface area contributed by atoms with Crippen LogP contribution in [-0.2, 0) is 0 Å². The number of anilines is 2. The van der Waals surface area contributed by atoms with E-state index < -0.39 is 0 Å². The van der Waals surface area contributed by atoms with Gasteiger partial charge < -0.3 is 15.8 Å². The molecule has 3 rings (SSSR count). The fraction of sp³-hybridized carbons (Fsp3) is 0.100. The Hall–Kier alpha value is -3.34. The summed E-state index contributed by atoms with van der Waals surface area (Å²) in [6, 6.07) is 16.7. The van der Waals surface area contributed by atoms with Crippen LogP contribution in [0.25, 0.3) is 0 Å². The minimum absolute atomic E-state index is 0.219. The predicted octanol–water partition coefficient (Wildman–Crippen LogP) is 4.33. The second-order valence-corrected chi connectivity index (χ2v) is 5.78. The number of carbonyl (C=O) groups excluding carboxylic acids is 1. The quantitative estimate of drug-likeness (QED) is 0.745. The van der Waals surface area contributed by atoms with Crippen molar-refractivity contribution in [3.63, 3.8) is 0 Å². The molecule has 0 aliphatic rings. The third-order valence-corrected chi connectivity index (χ3v) is 3.78. The summed E-state index contributed by atoms with van der Waals surface area (Å²) in [6.07, 6.45) is 1.58. The molecule has 0 spiro atoms. The molecule has 2 aromatic carbocycles. The van der Waals surface area contributed by atoms with Crippen molar-refractivity contribution in [1.29, 1.82) is 0 Å². The highest BCUT2D eigenvalue weighted by Gasteiger charge is 2.13. The number of ether oxygens (including phenoxy) is 1. The van der Waals surface area contributed by atoms with Crippen molar-refractivity contribution in [2.24, 2.45) is 0 Å². The minimum atomic E-state index is -0.282. The normalized spacial score (nSPS) is 10.3. The Kier molecular flexibility index (Phi) is 4.66. The molecule has 126 valence electrons. The number of amides is 1. The van der Waals surface area contributed by atoms with Crippen LogP contribution in [0.4, 0.5) is 11.5 Å². The molecule has 3 aromatic rings. The molecule has 5 heteroatoms. The van der Waals surface area contributed by atoms with Gasteiger partial charge in [0.05, 0.1) is 5.56 Å². The second kappa shape index (κ2) is 7.05. The van der Waals surface area contributed by atoms with Gasteiger partial charge in [-0.15, -0.1) is 0 Å². The number of nitrogens with one attached hydrogen (secondary N) is 1. The van der Waals surface area contributed by atoms with Crippen LogP contribution in [0.1, 0.15) is 21.5 Å². The molecule has 0 saturated heterocycles. The van der Waals surface area contributed by atoms with E-state index in [1.54, 1.807) is 36.5 Å². The zero-order valence-electron chi connectivity index (χ0n) is 14.1. The molecule has 5 nitrogen and oxygen atoms in total. The largest absolute Gasteiger partial charge is 0.457 e. The third-order valence-electron chi connectivity index (χ3n) is 3.78. The van der Waals surface area contributed by atoms with Gasteiger partial charge in [-0.2, -0.15) is 0 Å². The first-order valence-electron chi connectivity index (χ1n) is 7.90. The van der Waals surface area contributed by atoms with Crippen molar-refractivity contribution in [2.75, 3.05) is 11.1 Å². The summed E-state index contributed by atoms with van der Waals surface area (Å²) in [5.74, 6) is 1.40. The highest BCUT2D eigenvalue weighted by Crippen LogP contribution is 2.24. The van der Waals surface area contributed by atoms with Crippen LogP contribution in [0.5, 0.6) is 11.5 Å². The van der Waals surface area contributed by atoms with E-state index in [1.807, 2.05) is 38.1 Å². The van der Waals surface area contributed by atoms with Crippen LogP contribution in [0.2, 0.25) is 0 Å². The fourth-order valence-electron chi connectivity index (χ4n) is 2.42. The lowest BCUT2D eigenvalue weighted by atomic mass is 10.1. The maximum atomic E-state index is 12.4. The smallest absolute Gasteiger partial charge is 0.259 e. The Balaban J connectivity index is 1.70. The van der Waals surface area contributed by atoms with Crippen molar-refractivity contribution in [1.82, 2.24) is 4.98 Å².